The minimum Gasteiger partial charge on any atom is -0.324 e. The summed E-state index contributed by atoms with van der Waals surface area (Å²) in [5.74, 6) is 0. The van der Waals surface area contributed by atoms with Gasteiger partial charge in [-0.15, -0.1) is 0 Å². The van der Waals surface area contributed by atoms with E-state index >= 15 is 0 Å². The van der Waals surface area contributed by atoms with Gasteiger partial charge in [0, 0.05) is 17.8 Å². The summed E-state index contributed by atoms with van der Waals surface area (Å²) in [6.45, 7) is 2.12. The van der Waals surface area contributed by atoms with Gasteiger partial charge in [0.05, 0.1) is 11.7 Å². The van der Waals surface area contributed by atoms with Crippen LogP contribution in [0.5, 0.6) is 0 Å². The molecule has 0 radical (unpaired) electrons. The summed E-state index contributed by atoms with van der Waals surface area (Å²) in [4.78, 5) is 0. The first-order chi connectivity index (χ1) is 9.25. The summed E-state index contributed by atoms with van der Waals surface area (Å²) in [6.07, 6.45) is 4.65. The van der Waals surface area contributed by atoms with E-state index in [0.29, 0.717) is 0 Å². The Morgan fingerprint density at radius 2 is 1.95 bits per heavy atom. The summed E-state index contributed by atoms with van der Waals surface area (Å²) in [5, 5.41) is 4.34. The predicted molar refractivity (Wildman–Crippen MR) is 77.0 cm³/mol. The van der Waals surface area contributed by atoms with Crippen LogP contribution < -0.4 is 5.73 Å². The van der Waals surface area contributed by atoms with Gasteiger partial charge in [-0.25, -0.2) is 4.52 Å². The number of nitrogens with zero attached hydrogens (tertiary/aromatic N) is 2. The van der Waals surface area contributed by atoms with E-state index in [1.165, 1.54) is 11.1 Å². The average molecular weight is 251 g/mol. The fourth-order valence-corrected chi connectivity index (χ4v) is 2.43. The molecule has 1 unspecified atom stereocenters. The lowest BCUT2D eigenvalue weighted by atomic mass is 9.97. The lowest BCUT2D eigenvalue weighted by molar-refractivity contribution is 0.724. The lowest BCUT2D eigenvalue weighted by Crippen LogP contribution is -2.13. The maximum atomic E-state index is 6.35. The molecule has 0 saturated heterocycles. The molecule has 3 nitrogen and oxygen atoms in total. The van der Waals surface area contributed by atoms with Crippen molar-refractivity contribution in [1.82, 2.24) is 9.61 Å². The zero-order valence-corrected chi connectivity index (χ0v) is 11.0. The lowest BCUT2D eigenvalue weighted by Gasteiger charge is -2.12. The van der Waals surface area contributed by atoms with Gasteiger partial charge in [-0.05, 0) is 36.6 Å². The van der Waals surface area contributed by atoms with Gasteiger partial charge in [0.25, 0.3) is 0 Å². The van der Waals surface area contributed by atoms with Crippen LogP contribution in [0.3, 0.4) is 0 Å². The number of pyridine rings is 1. The van der Waals surface area contributed by atoms with Crippen molar-refractivity contribution in [3.8, 4) is 0 Å². The second-order valence-electron chi connectivity index (χ2n) is 4.87. The van der Waals surface area contributed by atoms with Crippen molar-refractivity contribution in [3.63, 3.8) is 0 Å². The van der Waals surface area contributed by atoms with Crippen molar-refractivity contribution >= 4 is 5.52 Å². The van der Waals surface area contributed by atoms with Crippen molar-refractivity contribution in [3.05, 3.63) is 71.5 Å². The molecule has 19 heavy (non-hydrogen) atoms. The van der Waals surface area contributed by atoms with Gasteiger partial charge < -0.3 is 5.73 Å². The number of fused-ring (bicyclic) bond motifs is 1. The van der Waals surface area contributed by atoms with Crippen LogP contribution in [-0.4, -0.2) is 9.61 Å². The molecule has 1 aromatic carbocycles. The summed E-state index contributed by atoms with van der Waals surface area (Å²) in [5.41, 5.74) is 11.1. The molecule has 1 atom stereocenters. The second kappa shape index (κ2) is 4.86. The summed E-state index contributed by atoms with van der Waals surface area (Å²) >= 11 is 0. The maximum Gasteiger partial charge on any atom is 0.0709 e. The third kappa shape index (κ3) is 2.25. The number of benzene rings is 1. The number of hydrogen-bond acceptors (Lipinski definition) is 2. The van der Waals surface area contributed by atoms with Gasteiger partial charge in [-0.1, -0.05) is 30.3 Å². The molecular weight excluding hydrogens is 234 g/mol. The van der Waals surface area contributed by atoms with Gasteiger partial charge in [0.2, 0.25) is 0 Å². The van der Waals surface area contributed by atoms with E-state index in [9.17, 15) is 0 Å². The highest BCUT2D eigenvalue weighted by atomic mass is 15.2. The van der Waals surface area contributed by atoms with E-state index in [0.717, 1.165) is 17.5 Å². The van der Waals surface area contributed by atoms with Gasteiger partial charge in [-0.3, -0.25) is 0 Å². The molecule has 0 fully saturated rings. The Balaban J connectivity index is 1.92. The number of aryl methyl sites for hydroxylation is 1. The zero-order chi connectivity index (χ0) is 13.2. The third-order valence-corrected chi connectivity index (χ3v) is 3.56. The Morgan fingerprint density at radius 3 is 2.79 bits per heavy atom. The monoisotopic (exact) mass is 251 g/mol. The molecule has 0 aliphatic heterocycles. The molecule has 0 aliphatic carbocycles. The van der Waals surface area contributed by atoms with Crippen molar-refractivity contribution in [2.45, 2.75) is 19.4 Å². The van der Waals surface area contributed by atoms with E-state index < -0.39 is 0 Å². The minimum absolute atomic E-state index is 0.0269. The molecule has 3 rings (SSSR count). The summed E-state index contributed by atoms with van der Waals surface area (Å²) in [7, 11) is 0. The van der Waals surface area contributed by atoms with Crippen LogP contribution in [0.2, 0.25) is 0 Å². The molecular formula is C16H17N3. The van der Waals surface area contributed by atoms with Crippen molar-refractivity contribution in [2.24, 2.45) is 5.73 Å². The van der Waals surface area contributed by atoms with Crippen molar-refractivity contribution in [2.75, 3.05) is 0 Å². The molecule has 0 bridgehead atoms. The standard InChI is InChI=1S/C16H17N3/c1-12-6-2-3-7-13(12)10-15(17)14-11-18-19-9-5-4-8-16(14)19/h2-9,11,15H,10,17H2,1H3. The first-order valence-corrected chi connectivity index (χ1v) is 6.48. The normalized spacial score (nSPS) is 12.7. The van der Waals surface area contributed by atoms with Crippen LogP contribution in [0.15, 0.2) is 54.9 Å². The Hall–Kier alpha value is -2.13. The highest BCUT2D eigenvalue weighted by Crippen LogP contribution is 2.22. The molecule has 2 aromatic heterocycles. The summed E-state index contributed by atoms with van der Waals surface area (Å²) < 4.78 is 1.87. The maximum absolute atomic E-state index is 6.35. The highest BCUT2D eigenvalue weighted by Gasteiger charge is 2.13. The Kier molecular flexibility index (Phi) is 3.05. The number of aromatic nitrogens is 2. The van der Waals surface area contributed by atoms with Crippen LogP contribution in [0.4, 0.5) is 0 Å². The molecule has 0 aliphatic rings. The third-order valence-electron chi connectivity index (χ3n) is 3.56. The molecule has 2 N–H and O–H groups in total. The molecule has 0 saturated carbocycles. The predicted octanol–water partition coefficient (Wildman–Crippen LogP) is 2.89. The Bertz CT molecular complexity index is 700. The van der Waals surface area contributed by atoms with Crippen LogP contribution in [-0.2, 0) is 6.42 Å². The molecule has 0 spiro atoms. The summed E-state index contributed by atoms with van der Waals surface area (Å²) in [6, 6.07) is 14.4. The van der Waals surface area contributed by atoms with Gasteiger partial charge in [0.15, 0.2) is 0 Å². The number of hydrogen-bond donors (Lipinski definition) is 1. The van der Waals surface area contributed by atoms with E-state index in [1.54, 1.807) is 0 Å². The number of rotatable bonds is 3. The molecule has 2 heterocycles. The van der Waals surface area contributed by atoms with E-state index in [-0.39, 0.29) is 6.04 Å². The first-order valence-electron chi connectivity index (χ1n) is 6.48. The van der Waals surface area contributed by atoms with Crippen molar-refractivity contribution in [1.29, 1.82) is 0 Å². The SMILES string of the molecule is Cc1ccccc1CC(N)c1cnn2ccccc12. The van der Waals surface area contributed by atoms with Gasteiger partial charge >= 0.3 is 0 Å². The average Bonchev–Trinajstić information content (AvgIpc) is 2.85. The fraction of sp³-hybridized carbons (Fsp3) is 0.188. The fourth-order valence-electron chi connectivity index (χ4n) is 2.43. The largest absolute Gasteiger partial charge is 0.324 e. The van der Waals surface area contributed by atoms with Crippen LogP contribution in [0, 0.1) is 6.92 Å². The quantitative estimate of drug-likeness (QED) is 0.777. The Morgan fingerprint density at radius 1 is 1.16 bits per heavy atom. The van der Waals surface area contributed by atoms with Crippen LogP contribution in [0.1, 0.15) is 22.7 Å². The highest BCUT2D eigenvalue weighted by molar-refractivity contribution is 5.55. The van der Waals surface area contributed by atoms with E-state index in [4.69, 9.17) is 5.73 Å². The van der Waals surface area contributed by atoms with Crippen LogP contribution in [0.25, 0.3) is 5.52 Å². The second-order valence-corrected chi connectivity index (χ2v) is 4.87. The Labute approximate surface area is 112 Å². The molecule has 96 valence electrons. The topological polar surface area (TPSA) is 43.3 Å². The smallest absolute Gasteiger partial charge is 0.0709 e. The molecule has 3 aromatic rings. The van der Waals surface area contributed by atoms with Crippen molar-refractivity contribution < 1.29 is 0 Å². The van der Waals surface area contributed by atoms with Crippen LogP contribution >= 0.6 is 0 Å². The van der Waals surface area contributed by atoms with Gasteiger partial charge in [-0.2, -0.15) is 5.10 Å². The first kappa shape index (κ1) is 11.9. The number of nitrogens with two attached hydrogens (primary N) is 1. The van der Waals surface area contributed by atoms with Gasteiger partial charge in [0.1, 0.15) is 0 Å². The molecule has 3 heteroatoms. The van der Waals surface area contributed by atoms with E-state index in [2.05, 4.69) is 42.4 Å². The van der Waals surface area contributed by atoms with E-state index in [1.807, 2.05) is 29.0 Å². The zero-order valence-electron chi connectivity index (χ0n) is 11.0. The molecule has 0 amide bonds. The minimum atomic E-state index is -0.0269.